The fraction of sp³-hybridized carbons (Fsp3) is 0.500. The molecule has 2 rings (SSSR count). The number of rotatable bonds is 2. The van der Waals surface area contributed by atoms with Crippen molar-refractivity contribution in [2.45, 2.75) is 31.4 Å². The van der Waals surface area contributed by atoms with E-state index in [9.17, 15) is 9.50 Å². The molecule has 0 saturated heterocycles. The van der Waals surface area contributed by atoms with Crippen molar-refractivity contribution < 1.29 is 9.50 Å². The molecule has 1 aromatic carbocycles. The van der Waals surface area contributed by atoms with Gasteiger partial charge in [-0.2, -0.15) is 0 Å². The van der Waals surface area contributed by atoms with Crippen LogP contribution in [0.4, 0.5) is 4.39 Å². The fourth-order valence-corrected chi connectivity index (χ4v) is 2.39. The van der Waals surface area contributed by atoms with Gasteiger partial charge in [-0.15, -0.1) is 0 Å². The number of aliphatic hydroxyl groups is 1. The molecule has 0 radical (unpaired) electrons. The first-order chi connectivity index (χ1) is 6.68. The van der Waals surface area contributed by atoms with Crippen LogP contribution in [0.2, 0.25) is 0 Å². The third kappa shape index (κ3) is 1.34. The molecule has 0 unspecified atom stereocenters. The standard InChI is InChI=1S/C12H15FO/c1-9-4-2-3-5-11(9)12(8-14)6-10(13)7-12/h2-5,10,14H,6-8H2,1H3. The Balaban J connectivity index is 2.34. The molecule has 0 amide bonds. The Morgan fingerprint density at radius 2 is 2.07 bits per heavy atom. The van der Waals surface area contributed by atoms with Crippen LogP contribution in [-0.2, 0) is 5.41 Å². The zero-order valence-electron chi connectivity index (χ0n) is 8.33. The van der Waals surface area contributed by atoms with Gasteiger partial charge in [0, 0.05) is 5.41 Å². The smallest absolute Gasteiger partial charge is 0.102 e. The van der Waals surface area contributed by atoms with Gasteiger partial charge in [-0.05, 0) is 30.9 Å². The zero-order valence-corrected chi connectivity index (χ0v) is 8.33. The fourth-order valence-electron chi connectivity index (χ4n) is 2.39. The molecule has 0 aromatic heterocycles. The SMILES string of the molecule is Cc1ccccc1C1(CO)CC(F)C1. The van der Waals surface area contributed by atoms with Crippen molar-refractivity contribution in [1.82, 2.24) is 0 Å². The second-order valence-electron chi connectivity index (χ2n) is 4.26. The Morgan fingerprint density at radius 3 is 2.57 bits per heavy atom. The molecule has 0 bridgehead atoms. The molecule has 0 aliphatic heterocycles. The third-order valence-electron chi connectivity index (χ3n) is 3.24. The molecular weight excluding hydrogens is 179 g/mol. The summed E-state index contributed by atoms with van der Waals surface area (Å²) in [6.07, 6.45) is 0.199. The summed E-state index contributed by atoms with van der Waals surface area (Å²) in [6.45, 7) is 2.07. The molecule has 76 valence electrons. The normalized spacial score (nSPS) is 31.2. The first-order valence-electron chi connectivity index (χ1n) is 4.99. The second kappa shape index (κ2) is 3.35. The van der Waals surface area contributed by atoms with Gasteiger partial charge in [0.15, 0.2) is 0 Å². The monoisotopic (exact) mass is 194 g/mol. The van der Waals surface area contributed by atoms with Crippen LogP contribution in [0, 0.1) is 6.92 Å². The molecule has 0 spiro atoms. The molecule has 1 aliphatic rings. The highest BCUT2D eigenvalue weighted by Crippen LogP contribution is 2.46. The summed E-state index contributed by atoms with van der Waals surface area (Å²) in [6, 6.07) is 7.93. The van der Waals surface area contributed by atoms with E-state index in [-0.39, 0.29) is 12.0 Å². The van der Waals surface area contributed by atoms with Gasteiger partial charge < -0.3 is 5.11 Å². The molecule has 1 nitrogen and oxygen atoms in total. The van der Waals surface area contributed by atoms with E-state index in [0.717, 1.165) is 11.1 Å². The number of aliphatic hydroxyl groups excluding tert-OH is 1. The molecule has 1 fully saturated rings. The van der Waals surface area contributed by atoms with Crippen LogP contribution in [0.5, 0.6) is 0 Å². The second-order valence-corrected chi connectivity index (χ2v) is 4.26. The minimum absolute atomic E-state index is 0.0538. The lowest BCUT2D eigenvalue weighted by molar-refractivity contribution is 0.0406. The maximum atomic E-state index is 12.9. The highest BCUT2D eigenvalue weighted by molar-refractivity contribution is 5.36. The molecule has 1 aliphatic carbocycles. The Labute approximate surface area is 83.6 Å². The van der Waals surface area contributed by atoms with Crippen LogP contribution in [-0.4, -0.2) is 17.9 Å². The number of alkyl halides is 1. The van der Waals surface area contributed by atoms with Gasteiger partial charge >= 0.3 is 0 Å². The molecule has 1 saturated carbocycles. The number of hydrogen-bond donors (Lipinski definition) is 1. The van der Waals surface area contributed by atoms with E-state index in [2.05, 4.69) is 0 Å². The van der Waals surface area contributed by atoms with E-state index in [1.807, 2.05) is 31.2 Å². The van der Waals surface area contributed by atoms with Crippen LogP contribution < -0.4 is 0 Å². The minimum atomic E-state index is -0.734. The highest BCUT2D eigenvalue weighted by atomic mass is 19.1. The quantitative estimate of drug-likeness (QED) is 0.766. The maximum Gasteiger partial charge on any atom is 0.102 e. The maximum absolute atomic E-state index is 12.9. The van der Waals surface area contributed by atoms with Crippen LogP contribution in [0.15, 0.2) is 24.3 Å². The Morgan fingerprint density at radius 1 is 1.43 bits per heavy atom. The van der Waals surface area contributed by atoms with E-state index in [4.69, 9.17) is 0 Å². The van der Waals surface area contributed by atoms with E-state index in [1.165, 1.54) is 0 Å². The lowest BCUT2D eigenvalue weighted by Gasteiger charge is -2.44. The summed E-state index contributed by atoms with van der Waals surface area (Å²) in [5.74, 6) is 0. The lowest BCUT2D eigenvalue weighted by Crippen LogP contribution is -2.46. The molecule has 0 heterocycles. The van der Waals surface area contributed by atoms with Crippen molar-refractivity contribution >= 4 is 0 Å². The van der Waals surface area contributed by atoms with Gasteiger partial charge in [-0.25, -0.2) is 4.39 Å². The van der Waals surface area contributed by atoms with Gasteiger partial charge in [0.2, 0.25) is 0 Å². The number of hydrogen-bond acceptors (Lipinski definition) is 1. The van der Waals surface area contributed by atoms with Crippen LogP contribution >= 0.6 is 0 Å². The van der Waals surface area contributed by atoms with Gasteiger partial charge in [-0.1, -0.05) is 24.3 Å². The summed E-state index contributed by atoms with van der Waals surface area (Å²) in [5, 5.41) is 9.37. The average molecular weight is 194 g/mol. The number of aryl methyl sites for hydroxylation is 1. The third-order valence-corrected chi connectivity index (χ3v) is 3.24. The topological polar surface area (TPSA) is 20.2 Å². The first kappa shape index (κ1) is 9.66. The molecular formula is C12H15FO. The Bertz CT molecular complexity index is 329. The Kier molecular flexibility index (Phi) is 2.31. The minimum Gasteiger partial charge on any atom is -0.395 e. The summed E-state index contributed by atoms with van der Waals surface area (Å²) in [4.78, 5) is 0. The van der Waals surface area contributed by atoms with E-state index >= 15 is 0 Å². The molecule has 14 heavy (non-hydrogen) atoms. The van der Waals surface area contributed by atoms with E-state index < -0.39 is 6.17 Å². The van der Waals surface area contributed by atoms with Crippen molar-refractivity contribution in [3.05, 3.63) is 35.4 Å². The number of halogens is 1. The van der Waals surface area contributed by atoms with Crippen molar-refractivity contribution in [2.75, 3.05) is 6.61 Å². The summed E-state index contributed by atoms with van der Waals surface area (Å²) in [7, 11) is 0. The predicted octanol–water partition coefficient (Wildman–Crippen LogP) is 2.36. The van der Waals surface area contributed by atoms with Crippen molar-refractivity contribution in [1.29, 1.82) is 0 Å². The summed E-state index contributed by atoms with van der Waals surface area (Å²) >= 11 is 0. The molecule has 1 N–H and O–H groups in total. The zero-order chi connectivity index (χ0) is 10.2. The van der Waals surface area contributed by atoms with Gasteiger partial charge in [-0.3, -0.25) is 0 Å². The van der Waals surface area contributed by atoms with Crippen LogP contribution in [0.25, 0.3) is 0 Å². The molecule has 2 heteroatoms. The molecule has 1 aromatic rings. The van der Waals surface area contributed by atoms with Crippen LogP contribution in [0.1, 0.15) is 24.0 Å². The van der Waals surface area contributed by atoms with Crippen molar-refractivity contribution in [2.24, 2.45) is 0 Å². The average Bonchev–Trinajstić information content (AvgIpc) is 2.14. The lowest BCUT2D eigenvalue weighted by atomic mass is 9.63. The largest absolute Gasteiger partial charge is 0.395 e. The predicted molar refractivity (Wildman–Crippen MR) is 54.1 cm³/mol. The molecule has 0 atom stereocenters. The van der Waals surface area contributed by atoms with Crippen LogP contribution in [0.3, 0.4) is 0 Å². The van der Waals surface area contributed by atoms with E-state index in [1.54, 1.807) is 0 Å². The van der Waals surface area contributed by atoms with E-state index in [0.29, 0.717) is 12.8 Å². The first-order valence-corrected chi connectivity index (χ1v) is 4.99. The van der Waals surface area contributed by atoms with Gasteiger partial charge in [0.25, 0.3) is 0 Å². The number of benzene rings is 1. The van der Waals surface area contributed by atoms with Crippen molar-refractivity contribution in [3.63, 3.8) is 0 Å². The summed E-state index contributed by atoms with van der Waals surface area (Å²) in [5.41, 5.74) is 1.95. The summed E-state index contributed by atoms with van der Waals surface area (Å²) < 4.78 is 12.9. The van der Waals surface area contributed by atoms with Gasteiger partial charge in [0.1, 0.15) is 6.17 Å². The highest BCUT2D eigenvalue weighted by Gasteiger charge is 2.46. The van der Waals surface area contributed by atoms with Crippen molar-refractivity contribution in [3.8, 4) is 0 Å². The van der Waals surface area contributed by atoms with Gasteiger partial charge in [0.05, 0.1) is 6.61 Å². The Hall–Kier alpha value is -0.890.